The van der Waals surface area contributed by atoms with Gasteiger partial charge in [-0.05, 0) is 19.1 Å². The number of aromatic nitrogens is 2. The van der Waals surface area contributed by atoms with Crippen molar-refractivity contribution in [2.75, 3.05) is 0 Å². The van der Waals surface area contributed by atoms with Crippen LogP contribution in [0.2, 0.25) is 0 Å². The minimum absolute atomic E-state index is 0.0223. The van der Waals surface area contributed by atoms with Gasteiger partial charge in [0, 0.05) is 5.56 Å². The highest BCUT2D eigenvalue weighted by Crippen LogP contribution is 2.14. The second kappa shape index (κ2) is 5.17. The molecule has 0 saturated carbocycles. The van der Waals surface area contributed by atoms with Crippen molar-refractivity contribution in [3.8, 4) is 5.75 Å². The van der Waals surface area contributed by atoms with Crippen molar-refractivity contribution >= 4 is 5.84 Å². The summed E-state index contributed by atoms with van der Waals surface area (Å²) < 4.78 is 10.4. The number of oxime groups is 1. The van der Waals surface area contributed by atoms with E-state index < -0.39 is 0 Å². The zero-order valence-electron chi connectivity index (χ0n) is 9.70. The van der Waals surface area contributed by atoms with E-state index in [1.807, 2.05) is 0 Å². The van der Waals surface area contributed by atoms with Crippen LogP contribution in [0.15, 0.2) is 33.9 Å². The summed E-state index contributed by atoms with van der Waals surface area (Å²) in [4.78, 5) is 4.01. The Morgan fingerprint density at radius 3 is 3.06 bits per heavy atom. The number of hydrogen-bond acceptors (Lipinski definition) is 6. The van der Waals surface area contributed by atoms with Gasteiger partial charge in [-0.2, -0.15) is 4.98 Å². The van der Waals surface area contributed by atoms with Crippen LogP contribution in [0, 0.1) is 6.92 Å². The zero-order valence-corrected chi connectivity index (χ0v) is 9.70. The molecule has 1 aromatic carbocycles. The van der Waals surface area contributed by atoms with Gasteiger partial charge in [-0.1, -0.05) is 22.4 Å². The first-order valence-corrected chi connectivity index (χ1v) is 5.19. The maximum absolute atomic E-state index is 8.58. The van der Waals surface area contributed by atoms with Gasteiger partial charge in [0.2, 0.25) is 0 Å². The van der Waals surface area contributed by atoms with E-state index in [1.54, 1.807) is 31.2 Å². The monoisotopic (exact) mass is 248 g/mol. The molecule has 7 heteroatoms. The van der Waals surface area contributed by atoms with Gasteiger partial charge >= 0.3 is 0 Å². The van der Waals surface area contributed by atoms with Gasteiger partial charge < -0.3 is 20.2 Å². The van der Waals surface area contributed by atoms with Crippen molar-refractivity contribution < 1.29 is 14.5 Å². The fourth-order valence-corrected chi connectivity index (χ4v) is 1.35. The third-order valence-electron chi connectivity index (χ3n) is 2.17. The molecule has 0 aliphatic heterocycles. The number of hydrogen-bond donors (Lipinski definition) is 2. The van der Waals surface area contributed by atoms with Crippen molar-refractivity contribution in [2.24, 2.45) is 10.9 Å². The Morgan fingerprint density at radius 2 is 2.39 bits per heavy atom. The molecule has 2 aromatic rings. The van der Waals surface area contributed by atoms with Crippen LogP contribution < -0.4 is 10.5 Å². The van der Waals surface area contributed by atoms with Crippen molar-refractivity contribution in [3.05, 3.63) is 41.5 Å². The summed E-state index contributed by atoms with van der Waals surface area (Å²) in [6, 6.07) is 6.84. The quantitative estimate of drug-likeness (QED) is 0.362. The minimum atomic E-state index is 0.0223. The molecule has 2 rings (SSSR count). The summed E-state index contributed by atoms with van der Waals surface area (Å²) in [7, 11) is 0. The largest absolute Gasteiger partial charge is 0.484 e. The van der Waals surface area contributed by atoms with Crippen molar-refractivity contribution in [3.63, 3.8) is 0 Å². The van der Waals surface area contributed by atoms with E-state index in [0.29, 0.717) is 23.0 Å². The van der Waals surface area contributed by atoms with E-state index in [4.69, 9.17) is 20.2 Å². The first-order chi connectivity index (χ1) is 8.69. The third-order valence-corrected chi connectivity index (χ3v) is 2.17. The van der Waals surface area contributed by atoms with Crippen LogP contribution in [-0.4, -0.2) is 21.2 Å². The summed E-state index contributed by atoms with van der Waals surface area (Å²) in [5, 5.41) is 15.1. The molecule has 0 fully saturated rings. The van der Waals surface area contributed by atoms with Crippen LogP contribution >= 0.6 is 0 Å². The first kappa shape index (κ1) is 11.9. The molecule has 1 heterocycles. The predicted octanol–water partition coefficient (Wildman–Crippen LogP) is 1.05. The molecule has 94 valence electrons. The summed E-state index contributed by atoms with van der Waals surface area (Å²) in [6.07, 6.45) is 0. The minimum Gasteiger partial charge on any atom is -0.484 e. The molecule has 0 atom stereocenters. The molecule has 0 amide bonds. The lowest BCUT2D eigenvalue weighted by Crippen LogP contribution is -2.12. The molecule has 7 nitrogen and oxygen atoms in total. The van der Waals surface area contributed by atoms with Crippen LogP contribution in [0.1, 0.15) is 17.3 Å². The number of benzene rings is 1. The number of rotatable bonds is 4. The molecule has 18 heavy (non-hydrogen) atoms. The third kappa shape index (κ3) is 2.76. The van der Waals surface area contributed by atoms with Crippen molar-refractivity contribution in [1.29, 1.82) is 0 Å². The molecule has 0 aliphatic rings. The van der Waals surface area contributed by atoms with E-state index in [1.165, 1.54) is 0 Å². The number of ether oxygens (including phenoxy) is 1. The SMILES string of the molecule is Cc1noc(COc2cccc(/C(N)=N\O)c2)n1. The van der Waals surface area contributed by atoms with Crippen LogP contribution in [0.5, 0.6) is 5.75 Å². The Kier molecular flexibility index (Phi) is 3.42. The molecule has 0 unspecified atom stereocenters. The second-order valence-electron chi connectivity index (χ2n) is 3.54. The van der Waals surface area contributed by atoms with E-state index >= 15 is 0 Å². The highest BCUT2D eigenvalue weighted by Gasteiger charge is 2.05. The molecule has 0 bridgehead atoms. The molecule has 3 N–H and O–H groups in total. The van der Waals surface area contributed by atoms with Crippen LogP contribution in [-0.2, 0) is 6.61 Å². The average Bonchev–Trinajstić information content (AvgIpc) is 2.81. The smallest absolute Gasteiger partial charge is 0.264 e. The summed E-state index contributed by atoms with van der Waals surface area (Å²) in [5.74, 6) is 1.53. The summed E-state index contributed by atoms with van der Waals surface area (Å²) in [5.41, 5.74) is 6.04. The summed E-state index contributed by atoms with van der Waals surface area (Å²) >= 11 is 0. The predicted molar refractivity (Wildman–Crippen MR) is 62.3 cm³/mol. The van der Waals surface area contributed by atoms with E-state index in [0.717, 1.165) is 0 Å². The molecular formula is C11H12N4O3. The Bertz CT molecular complexity index is 565. The van der Waals surface area contributed by atoms with Crippen LogP contribution in [0.3, 0.4) is 0 Å². The van der Waals surface area contributed by atoms with Crippen molar-refractivity contribution in [1.82, 2.24) is 10.1 Å². The molecule has 0 spiro atoms. The number of aryl methyl sites for hydroxylation is 1. The Hall–Kier alpha value is -2.57. The van der Waals surface area contributed by atoms with Gasteiger partial charge in [0.25, 0.3) is 5.89 Å². The number of nitrogens with two attached hydrogens (primary N) is 1. The highest BCUT2D eigenvalue weighted by molar-refractivity contribution is 5.97. The van der Waals surface area contributed by atoms with Crippen LogP contribution in [0.25, 0.3) is 0 Å². The fourth-order valence-electron chi connectivity index (χ4n) is 1.35. The molecule has 0 radical (unpaired) electrons. The van der Waals surface area contributed by atoms with Gasteiger partial charge in [-0.25, -0.2) is 0 Å². The normalized spacial score (nSPS) is 11.5. The Morgan fingerprint density at radius 1 is 1.56 bits per heavy atom. The van der Waals surface area contributed by atoms with Gasteiger partial charge in [0.05, 0.1) is 0 Å². The lowest BCUT2D eigenvalue weighted by molar-refractivity contribution is 0.242. The highest BCUT2D eigenvalue weighted by atomic mass is 16.5. The number of nitrogens with zero attached hydrogens (tertiary/aromatic N) is 3. The van der Waals surface area contributed by atoms with Gasteiger partial charge in [0.1, 0.15) is 5.75 Å². The van der Waals surface area contributed by atoms with Crippen molar-refractivity contribution in [2.45, 2.75) is 13.5 Å². The molecule has 0 saturated heterocycles. The summed E-state index contributed by atoms with van der Waals surface area (Å²) in [6.45, 7) is 1.90. The van der Waals surface area contributed by atoms with Gasteiger partial charge in [-0.3, -0.25) is 0 Å². The van der Waals surface area contributed by atoms with Gasteiger partial charge in [-0.15, -0.1) is 0 Å². The number of amidine groups is 1. The van der Waals surface area contributed by atoms with E-state index in [2.05, 4.69) is 15.3 Å². The molecule has 0 aliphatic carbocycles. The topological polar surface area (TPSA) is 107 Å². The first-order valence-electron chi connectivity index (χ1n) is 5.19. The average molecular weight is 248 g/mol. The second-order valence-corrected chi connectivity index (χ2v) is 3.54. The van der Waals surface area contributed by atoms with E-state index in [9.17, 15) is 0 Å². The molecular weight excluding hydrogens is 236 g/mol. The fraction of sp³-hybridized carbons (Fsp3) is 0.182. The lowest BCUT2D eigenvalue weighted by atomic mass is 10.2. The lowest BCUT2D eigenvalue weighted by Gasteiger charge is -2.04. The maximum atomic E-state index is 8.58. The Balaban J connectivity index is 2.05. The zero-order chi connectivity index (χ0) is 13.0. The standard InChI is InChI=1S/C11H12N4O3/c1-7-13-10(18-15-7)6-17-9-4-2-3-8(5-9)11(12)14-16/h2-5,16H,6H2,1H3,(H2,12,14). The van der Waals surface area contributed by atoms with Crippen LogP contribution in [0.4, 0.5) is 0 Å². The Labute approximate surface area is 103 Å². The molecule has 1 aromatic heterocycles. The maximum Gasteiger partial charge on any atom is 0.264 e. The van der Waals surface area contributed by atoms with E-state index in [-0.39, 0.29) is 12.4 Å². The van der Waals surface area contributed by atoms with Gasteiger partial charge in [0.15, 0.2) is 18.3 Å².